The number of nitrogens with zero attached hydrogens (tertiary/aromatic N) is 4. The lowest BCUT2D eigenvalue weighted by Gasteiger charge is -2.28. The van der Waals surface area contributed by atoms with Gasteiger partial charge in [0.25, 0.3) is 0 Å². The SMILES string of the molecule is CN1CC2c3ccccc3OCc3ccccc3COc3ccccc3C3CN(C)CN3CCCN2C1. The minimum absolute atomic E-state index is 0.341. The molecule has 37 heavy (non-hydrogen) atoms. The number of hydrogen-bond donors (Lipinski definition) is 0. The first-order valence-corrected chi connectivity index (χ1v) is 13.5. The van der Waals surface area contributed by atoms with Crippen LogP contribution in [0.2, 0.25) is 0 Å². The summed E-state index contributed by atoms with van der Waals surface area (Å²) in [5.41, 5.74) is 4.91. The molecule has 2 atom stereocenters. The van der Waals surface area contributed by atoms with Gasteiger partial charge in [0.1, 0.15) is 24.7 Å². The maximum absolute atomic E-state index is 6.51. The number of rotatable bonds is 0. The molecular weight excluding hydrogens is 460 g/mol. The topological polar surface area (TPSA) is 31.4 Å². The van der Waals surface area contributed by atoms with Crippen molar-refractivity contribution in [3.63, 3.8) is 0 Å². The Balaban J connectivity index is 1.36. The summed E-state index contributed by atoms with van der Waals surface area (Å²) in [6.45, 7) is 7.21. The van der Waals surface area contributed by atoms with Crippen LogP contribution in [0, 0.1) is 0 Å². The molecule has 0 aromatic heterocycles. The normalized spacial score (nSPS) is 24.1. The molecule has 0 amide bonds. The second-order valence-electron chi connectivity index (χ2n) is 10.8. The van der Waals surface area contributed by atoms with E-state index in [1.807, 2.05) is 0 Å². The second-order valence-corrected chi connectivity index (χ2v) is 10.8. The molecule has 6 rings (SSSR count). The first kappa shape index (κ1) is 24.4. The molecule has 6 heteroatoms. The zero-order valence-electron chi connectivity index (χ0n) is 22.1. The van der Waals surface area contributed by atoms with E-state index in [0.29, 0.717) is 25.3 Å². The summed E-state index contributed by atoms with van der Waals surface area (Å²) < 4.78 is 13.0. The third kappa shape index (κ3) is 5.25. The van der Waals surface area contributed by atoms with Crippen molar-refractivity contribution in [3.8, 4) is 11.5 Å². The van der Waals surface area contributed by atoms with Gasteiger partial charge < -0.3 is 9.47 Å². The lowest BCUT2D eigenvalue weighted by molar-refractivity contribution is 0.189. The van der Waals surface area contributed by atoms with Crippen LogP contribution in [0.25, 0.3) is 0 Å². The van der Waals surface area contributed by atoms with Crippen LogP contribution >= 0.6 is 0 Å². The maximum atomic E-state index is 6.51. The number of benzene rings is 3. The van der Waals surface area contributed by atoms with Gasteiger partial charge in [-0.15, -0.1) is 0 Å². The quantitative estimate of drug-likeness (QED) is 0.445. The second kappa shape index (κ2) is 10.8. The molecule has 0 N–H and O–H groups in total. The number of para-hydroxylation sites is 2. The summed E-state index contributed by atoms with van der Waals surface area (Å²) in [5, 5.41) is 0. The highest BCUT2D eigenvalue weighted by Crippen LogP contribution is 2.36. The van der Waals surface area contributed by atoms with E-state index in [2.05, 4.69) is 106 Å². The molecule has 194 valence electrons. The third-order valence-corrected chi connectivity index (χ3v) is 8.03. The molecule has 0 saturated carbocycles. The lowest BCUT2D eigenvalue weighted by Crippen LogP contribution is -2.32. The predicted molar refractivity (Wildman–Crippen MR) is 146 cm³/mol. The van der Waals surface area contributed by atoms with E-state index in [9.17, 15) is 0 Å². The van der Waals surface area contributed by atoms with Gasteiger partial charge in [-0.1, -0.05) is 60.7 Å². The fraction of sp³-hybridized carbons (Fsp3) is 0.419. The van der Waals surface area contributed by atoms with Crippen LogP contribution in [0.1, 0.15) is 40.8 Å². The van der Waals surface area contributed by atoms with Crippen molar-refractivity contribution in [1.29, 1.82) is 0 Å². The molecule has 2 fully saturated rings. The van der Waals surface area contributed by atoms with Gasteiger partial charge in [-0.05, 0) is 43.8 Å². The Morgan fingerprint density at radius 3 is 1.51 bits per heavy atom. The molecule has 3 aromatic rings. The summed E-state index contributed by atoms with van der Waals surface area (Å²) in [6.07, 6.45) is 1.13. The zero-order chi connectivity index (χ0) is 25.2. The fourth-order valence-corrected chi connectivity index (χ4v) is 6.20. The maximum Gasteiger partial charge on any atom is 0.124 e. The number of fused-ring (bicyclic) bond motifs is 7. The highest BCUT2D eigenvalue weighted by molar-refractivity contribution is 5.39. The van der Waals surface area contributed by atoms with Gasteiger partial charge in [0, 0.05) is 37.3 Å². The van der Waals surface area contributed by atoms with Crippen molar-refractivity contribution in [1.82, 2.24) is 19.6 Å². The Morgan fingerprint density at radius 1 is 0.595 bits per heavy atom. The highest BCUT2D eigenvalue weighted by Gasteiger charge is 2.34. The van der Waals surface area contributed by atoms with Crippen molar-refractivity contribution >= 4 is 0 Å². The molecule has 0 radical (unpaired) electrons. The molecule has 0 spiro atoms. The Morgan fingerprint density at radius 2 is 1.03 bits per heavy atom. The van der Waals surface area contributed by atoms with E-state index in [0.717, 1.165) is 57.4 Å². The largest absolute Gasteiger partial charge is 0.489 e. The van der Waals surface area contributed by atoms with Crippen molar-refractivity contribution < 1.29 is 9.47 Å². The summed E-state index contributed by atoms with van der Waals surface area (Å²) in [4.78, 5) is 10.1. The first-order chi connectivity index (χ1) is 18.2. The van der Waals surface area contributed by atoms with Crippen LogP contribution in [-0.2, 0) is 13.2 Å². The molecule has 3 aromatic carbocycles. The third-order valence-electron chi connectivity index (χ3n) is 8.03. The van der Waals surface area contributed by atoms with E-state index in [1.54, 1.807) is 0 Å². The van der Waals surface area contributed by atoms with Gasteiger partial charge in [-0.25, -0.2) is 0 Å². The molecule has 0 bridgehead atoms. The Labute approximate surface area is 221 Å². The summed E-state index contributed by atoms with van der Waals surface area (Å²) in [7, 11) is 4.45. The monoisotopic (exact) mass is 498 g/mol. The molecular formula is C31H38N4O2. The first-order valence-electron chi connectivity index (χ1n) is 13.5. The summed E-state index contributed by atoms with van der Waals surface area (Å²) >= 11 is 0. The molecule has 2 saturated heterocycles. The molecule has 6 nitrogen and oxygen atoms in total. The molecule has 3 aliphatic rings. The van der Waals surface area contributed by atoms with Crippen molar-refractivity contribution in [2.45, 2.75) is 31.7 Å². The van der Waals surface area contributed by atoms with Gasteiger partial charge in [0.15, 0.2) is 0 Å². The van der Waals surface area contributed by atoms with Crippen LogP contribution in [0.4, 0.5) is 0 Å². The van der Waals surface area contributed by atoms with Crippen LogP contribution in [-0.4, -0.2) is 73.2 Å². The highest BCUT2D eigenvalue weighted by atomic mass is 16.5. The minimum atomic E-state index is 0.341. The lowest BCUT2D eigenvalue weighted by atomic mass is 10.0. The average molecular weight is 499 g/mol. The van der Waals surface area contributed by atoms with E-state index in [1.165, 1.54) is 22.3 Å². The van der Waals surface area contributed by atoms with Gasteiger partial charge in [-0.2, -0.15) is 0 Å². The Bertz CT molecular complexity index is 1120. The zero-order valence-corrected chi connectivity index (χ0v) is 22.1. The number of ether oxygens (including phenoxy) is 2. The van der Waals surface area contributed by atoms with Crippen molar-refractivity contribution in [3.05, 3.63) is 95.1 Å². The van der Waals surface area contributed by atoms with Gasteiger partial charge in [0.05, 0.1) is 25.4 Å². The Hall–Kier alpha value is -2.90. The van der Waals surface area contributed by atoms with Gasteiger partial charge in [-0.3, -0.25) is 19.6 Å². The smallest absolute Gasteiger partial charge is 0.124 e. The van der Waals surface area contributed by atoms with Crippen LogP contribution in [0.3, 0.4) is 0 Å². The average Bonchev–Trinajstić information content (AvgIpc) is 3.48. The van der Waals surface area contributed by atoms with Crippen molar-refractivity contribution in [2.24, 2.45) is 0 Å². The number of likely N-dealkylation sites (N-methyl/N-ethyl adjacent to an activating group) is 2. The van der Waals surface area contributed by atoms with Gasteiger partial charge >= 0.3 is 0 Å². The summed E-state index contributed by atoms with van der Waals surface area (Å²) in [6, 6.07) is 26.4. The number of hydrogen-bond acceptors (Lipinski definition) is 6. The molecule has 3 aliphatic heterocycles. The van der Waals surface area contributed by atoms with E-state index in [4.69, 9.17) is 9.47 Å². The van der Waals surface area contributed by atoms with Crippen LogP contribution in [0.5, 0.6) is 11.5 Å². The minimum Gasteiger partial charge on any atom is -0.489 e. The van der Waals surface area contributed by atoms with Crippen molar-refractivity contribution in [2.75, 3.05) is 53.6 Å². The predicted octanol–water partition coefficient (Wildman–Crippen LogP) is 4.74. The summed E-state index contributed by atoms with van der Waals surface area (Å²) in [5.74, 6) is 1.97. The molecule has 0 aliphatic carbocycles. The van der Waals surface area contributed by atoms with E-state index in [-0.39, 0.29) is 0 Å². The van der Waals surface area contributed by atoms with E-state index < -0.39 is 0 Å². The molecule has 2 unspecified atom stereocenters. The Kier molecular flexibility index (Phi) is 7.16. The fourth-order valence-electron chi connectivity index (χ4n) is 6.20. The standard InChI is InChI=1S/C31H38N4O2/c1-32-18-28-26-12-5-7-14-30(26)36-20-24-10-3-4-11-25(24)21-37-31-15-8-6-13-27(31)29-19-33(2)23-35(29)17-9-16-34(28)22-32/h3-8,10-15,28-29H,9,16-23H2,1-2H3. The van der Waals surface area contributed by atoms with E-state index >= 15 is 0 Å². The van der Waals surface area contributed by atoms with Crippen LogP contribution in [0.15, 0.2) is 72.8 Å². The molecule has 3 heterocycles. The van der Waals surface area contributed by atoms with Crippen LogP contribution < -0.4 is 9.47 Å². The van der Waals surface area contributed by atoms with Gasteiger partial charge in [0.2, 0.25) is 0 Å².